The summed E-state index contributed by atoms with van der Waals surface area (Å²) in [7, 11) is 1.82. The molecule has 31 heavy (non-hydrogen) atoms. The molecule has 3 rings (SSSR count). The fourth-order valence-corrected chi connectivity index (χ4v) is 4.12. The van der Waals surface area contributed by atoms with Gasteiger partial charge in [-0.25, -0.2) is 4.98 Å². The highest BCUT2D eigenvalue weighted by Crippen LogP contribution is 2.40. The summed E-state index contributed by atoms with van der Waals surface area (Å²) in [6.07, 6.45) is 8.03. The molecule has 1 fully saturated rings. The molecule has 1 heterocycles. The van der Waals surface area contributed by atoms with Crippen molar-refractivity contribution in [3.8, 4) is 5.88 Å². The molecule has 1 aliphatic carbocycles. The third kappa shape index (κ3) is 7.55. The Hall–Kier alpha value is -2.60. The Balaban J connectivity index is 1.47. The van der Waals surface area contributed by atoms with E-state index in [0.29, 0.717) is 24.4 Å². The van der Waals surface area contributed by atoms with Crippen LogP contribution < -0.4 is 15.4 Å². The van der Waals surface area contributed by atoms with Crippen molar-refractivity contribution in [1.29, 1.82) is 0 Å². The molecule has 0 amide bonds. The lowest BCUT2D eigenvalue weighted by Crippen LogP contribution is -2.43. The van der Waals surface area contributed by atoms with Crippen molar-refractivity contribution in [3.05, 3.63) is 59.8 Å². The monoisotopic (exact) mass is 424 g/mol. The summed E-state index contributed by atoms with van der Waals surface area (Å²) < 4.78 is 11.5. The second kappa shape index (κ2) is 12.3. The number of rotatable bonds is 11. The van der Waals surface area contributed by atoms with Crippen LogP contribution in [-0.2, 0) is 17.9 Å². The summed E-state index contributed by atoms with van der Waals surface area (Å²) in [5, 5.41) is 6.97. The van der Waals surface area contributed by atoms with Crippen LogP contribution in [0, 0.1) is 5.41 Å². The normalized spacial score (nSPS) is 15.6. The second-order valence-electron chi connectivity index (χ2n) is 8.21. The topological polar surface area (TPSA) is 67.8 Å². The van der Waals surface area contributed by atoms with Crippen LogP contribution in [0.5, 0.6) is 5.88 Å². The van der Waals surface area contributed by atoms with Gasteiger partial charge in [-0.05, 0) is 48.8 Å². The number of aliphatic imine (C=N–C) groups is 1. The molecule has 2 N–H and O–H groups in total. The van der Waals surface area contributed by atoms with E-state index in [1.54, 1.807) is 6.20 Å². The average Bonchev–Trinajstić information content (AvgIpc) is 3.28. The Morgan fingerprint density at radius 1 is 1.10 bits per heavy atom. The van der Waals surface area contributed by atoms with E-state index in [-0.39, 0.29) is 0 Å². The van der Waals surface area contributed by atoms with Gasteiger partial charge in [-0.15, -0.1) is 0 Å². The molecule has 1 aliphatic rings. The molecular weight excluding hydrogens is 388 g/mol. The lowest BCUT2D eigenvalue weighted by molar-refractivity contribution is 0.105. The van der Waals surface area contributed by atoms with Crippen LogP contribution in [0.3, 0.4) is 0 Å². The minimum Gasteiger partial charge on any atom is -0.473 e. The van der Waals surface area contributed by atoms with Crippen molar-refractivity contribution in [2.45, 2.75) is 52.2 Å². The maximum absolute atomic E-state index is 5.84. The van der Waals surface area contributed by atoms with E-state index in [1.807, 2.05) is 49.5 Å². The molecular formula is C25H36N4O2. The number of nitrogens with zero attached hydrogens (tertiary/aromatic N) is 2. The molecule has 6 heteroatoms. The van der Waals surface area contributed by atoms with Crippen molar-refractivity contribution in [1.82, 2.24) is 15.6 Å². The van der Waals surface area contributed by atoms with Gasteiger partial charge in [0.2, 0.25) is 5.88 Å². The van der Waals surface area contributed by atoms with Gasteiger partial charge in [0, 0.05) is 45.6 Å². The maximum Gasteiger partial charge on any atom is 0.213 e. The van der Waals surface area contributed by atoms with Crippen molar-refractivity contribution in [2.24, 2.45) is 10.4 Å². The fraction of sp³-hybridized carbons (Fsp3) is 0.520. The van der Waals surface area contributed by atoms with Gasteiger partial charge in [0.1, 0.15) is 6.61 Å². The molecule has 1 aromatic carbocycles. The number of ether oxygens (including phenoxy) is 2. The molecule has 6 nitrogen and oxygen atoms in total. The van der Waals surface area contributed by atoms with Crippen LogP contribution in [0.1, 0.15) is 50.2 Å². The molecule has 1 saturated carbocycles. The molecule has 2 aromatic rings. The SMILES string of the molecule is CCOCCC1(CNC(=NC)NCc2ccnc(OCc3ccccc3)c2)CCCC1. The maximum atomic E-state index is 5.84. The Kier molecular flexibility index (Phi) is 9.16. The smallest absolute Gasteiger partial charge is 0.213 e. The predicted molar refractivity (Wildman–Crippen MR) is 125 cm³/mol. The summed E-state index contributed by atoms with van der Waals surface area (Å²) in [5.41, 5.74) is 2.55. The van der Waals surface area contributed by atoms with Crippen molar-refractivity contribution in [2.75, 3.05) is 26.8 Å². The zero-order chi connectivity index (χ0) is 21.8. The molecule has 0 atom stereocenters. The van der Waals surface area contributed by atoms with Crippen LogP contribution in [0.4, 0.5) is 0 Å². The molecule has 168 valence electrons. The van der Waals surface area contributed by atoms with E-state index in [4.69, 9.17) is 9.47 Å². The summed E-state index contributed by atoms with van der Waals surface area (Å²) >= 11 is 0. The number of pyridine rings is 1. The Morgan fingerprint density at radius 2 is 1.90 bits per heavy atom. The highest BCUT2D eigenvalue weighted by Gasteiger charge is 2.33. The standard InChI is InChI=1S/C25H36N4O2/c1-3-30-16-14-25(12-7-8-13-25)20-29-24(26-2)28-18-22-11-15-27-23(17-22)31-19-21-9-5-4-6-10-21/h4-6,9-11,15,17H,3,7-8,12-14,16,18-20H2,1-2H3,(H2,26,28,29). The van der Waals surface area contributed by atoms with Crippen molar-refractivity contribution >= 4 is 5.96 Å². The van der Waals surface area contributed by atoms with Crippen LogP contribution in [0.15, 0.2) is 53.7 Å². The summed E-state index contributed by atoms with van der Waals surface area (Å²) in [4.78, 5) is 8.73. The van der Waals surface area contributed by atoms with Gasteiger partial charge < -0.3 is 20.1 Å². The largest absolute Gasteiger partial charge is 0.473 e. The lowest BCUT2D eigenvalue weighted by Gasteiger charge is -2.30. The summed E-state index contributed by atoms with van der Waals surface area (Å²) in [5.74, 6) is 1.46. The van der Waals surface area contributed by atoms with E-state index < -0.39 is 0 Å². The molecule has 0 aliphatic heterocycles. The Labute approximate surface area is 186 Å². The third-order valence-corrected chi connectivity index (χ3v) is 5.99. The van der Waals surface area contributed by atoms with E-state index in [1.165, 1.54) is 25.7 Å². The van der Waals surface area contributed by atoms with Crippen LogP contribution in [0.25, 0.3) is 0 Å². The minimum absolute atomic E-state index is 0.321. The predicted octanol–water partition coefficient (Wildman–Crippen LogP) is 4.31. The molecule has 0 spiro atoms. The summed E-state index contributed by atoms with van der Waals surface area (Å²) in [6, 6.07) is 14.1. The quantitative estimate of drug-likeness (QED) is 0.320. The second-order valence-corrected chi connectivity index (χ2v) is 8.21. The van der Waals surface area contributed by atoms with Crippen molar-refractivity contribution < 1.29 is 9.47 Å². The third-order valence-electron chi connectivity index (χ3n) is 5.99. The number of nitrogens with one attached hydrogen (secondary N) is 2. The molecule has 0 unspecified atom stereocenters. The lowest BCUT2D eigenvalue weighted by atomic mass is 9.83. The van der Waals surface area contributed by atoms with Gasteiger partial charge >= 0.3 is 0 Å². The van der Waals surface area contributed by atoms with Gasteiger partial charge in [-0.3, -0.25) is 4.99 Å². The number of aromatic nitrogens is 1. The zero-order valence-electron chi connectivity index (χ0n) is 18.9. The van der Waals surface area contributed by atoms with E-state index in [9.17, 15) is 0 Å². The van der Waals surface area contributed by atoms with Gasteiger partial charge in [0.15, 0.2) is 5.96 Å². The van der Waals surface area contributed by atoms with E-state index >= 15 is 0 Å². The minimum atomic E-state index is 0.321. The molecule has 0 radical (unpaired) electrons. The number of guanidine groups is 1. The molecule has 0 bridgehead atoms. The van der Waals surface area contributed by atoms with Gasteiger partial charge in [-0.2, -0.15) is 0 Å². The van der Waals surface area contributed by atoms with E-state index in [2.05, 4.69) is 27.5 Å². The zero-order valence-corrected chi connectivity index (χ0v) is 18.9. The van der Waals surface area contributed by atoms with Crippen LogP contribution in [0.2, 0.25) is 0 Å². The number of hydrogen-bond acceptors (Lipinski definition) is 4. The van der Waals surface area contributed by atoms with Crippen LogP contribution in [-0.4, -0.2) is 37.7 Å². The first kappa shape index (κ1) is 23.1. The highest BCUT2D eigenvalue weighted by molar-refractivity contribution is 5.79. The summed E-state index contributed by atoms with van der Waals surface area (Å²) in [6.45, 7) is 5.79. The number of benzene rings is 1. The first-order valence-electron chi connectivity index (χ1n) is 11.4. The van der Waals surface area contributed by atoms with Gasteiger partial charge in [0.05, 0.1) is 0 Å². The fourth-order valence-electron chi connectivity index (χ4n) is 4.12. The van der Waals surface area contributed by atoms with E-state index in [0.717, 1.165) is 43.3 Å². The number of hydrogen-bond donors (Lipinski definition) is 2. The van der Waals surface area contributed by atoms with Crippen LogP contribution >= 0.6 is 0 Å². The first-order chi connectivity index (χ1) is 15.2. The highest BCUT2D eigenvalue weighted by atomic mass is 16.5. The van der Waals surface area contributed by atoms with Gasteiger partial charge in [0.25, 0.3) is 0 Å². The van der Waals surface area contributed by atoms with Crippen molar-refractivity contribution in [3.63, 3.8) is 0 Å². The Morgan fingerprint density at radius 3 is 2.65 bits per heavy atom. The average molecular weight is 425 g/mol. The first-order valence-corrected chi connectivity index (χ1v) is 11.4. The molecule has 0 saturated heterocycles. The Bertz CT molecular complexity index is 804. The molecule has 1 aromatic heterocycles. The van der Waals surface area contributed by atoms with Gasteiger partial charge in [-0.1, -0.05) is 43.2 Å².